The minimum Gasteiger partial charge on any atom is -0.480 e. The van der Waals surface area contributed by atoms with Crippen molar-refractivity contribution < 1.29 is 14.7 Å². The number of aliphatic carboxylic acids is 1. The molecule has 1 amide bonds. The molecule has 0 saturated heterocycles. The van der Waals surface area contributed by atoms with E-state index in [1.165, 1.54) is 0 Å². The zero-order valence-corrected chi connectivity index (χ0v) is 12.6. The monoisotopic (exact) mass is 281 g/mol. The van der Waals surface area contributed by atoms with Crippen molar-refractivity contribution in [2.45, 2.75) is 52.5 Å². The van der Waals surface area contributed by atoms with Gasteiger partial charge in [-0.1, -0.05) is 13.3 Å². The Bertz CT molecular complexity index is 494. The Morgan fingerprint density at radius 1 is 1.40 bits per heavy atom. The minimum absolute atomic E-state index is 0.228. The lowest BCUT2D eigenvalue weighted by Gasteiger charge is -2.13. The van der Waals surface area contributed by atoms with Gasteiger partial charge in [0, 0.05) is 19.2 Å². The van der Waals surface area contributed by atoms with Gasteiger partial charge in [-0.3, -0.25) is 9.48 Å². The van der Waals surface area contributed by atoms with Crippen molar-refractivity contribution in [2.75, 3.05) is 0 Å². The summed E-state index contributed by atoms with van der Waals surface area (Å²) < 4.78 is 1.79. The maximum Gasteiger partial charge on any atom is 0.326 e. The summed E-state index contributed by atoms with van der Waals surface area (Å²) in [6, 6.07) is -0.788. The molecule has 6 heteroatoms. The lowest BCUT2D eigenvalue weighted by atomic mass is 10.1. The fraction of sp³-hybridized carbons (Fsp3) is 0.643. The zero-order valence-electron chi connectivity index (χ0n) is 12.6. The van der Waals surface area contributed by atoms with Crippen LogP contribution in [0, 0.1) is 13.8 Å². The minimum atomic E-state index is -0.978. The van der Waals surface area contributed by atoms with E-state index in [0.29, 0.717) is 12.8 Å². The van der Waals surface area contributed by atoms with Crippen LogP contribution in [-0.2, 0) is 23.1 Å². The largest absolute Gasteiger partial charge is 0.480 e. The Morgan fingerprint density at radius 3 is 2.50 bits per heavy atom. The average Bonchev–Trinajstić information content (AvgIpc) is 2.60. The number of amides is 1. The molecule has 1 rings (SSSR count). The second-order valence-electron chi connectivity index (χ2n) is 5.02. The molecule has 6 nitrogen and oxygen atoms in total. The van der Waals surface area contributed by atoms with Crippen molar-refractivity contribution in [3.05, 3.63) is 17.0 Å². The van der Waals surface area contributed by atoms with Gasteiger partial charge < -0.3 is 10.4 Å². The molecule has 0 aliphatic carbocycles. The predicted molar refractivity (Wildman–Crippen MR) is 75.5 cm³/mol. The topological polar surface area (TPSA) is 84.2 Å². The lowest BCUT2D eigenvalue weighted by molar-refractivity contribution is -0.142. The molecule has 0 saturated carbocycles. The molecular formula is C14H23N3O3. The third-order valence-electron chi connectivity index (χ3n) is 3.47. The molecule has 112 valence electrons. The second-order valence-corrected chi connectivity index (χ2v) is 5.02. The maximum absolute atomic E-state index is 11.8. The molecule has 0 aromatic carbocycles. The number of carboxylic acids is 1. The Morgan fingerprint density at radius 2 is 2.05 bits per heavy atom. The molecule has 1 heterocycles. The molecule has 20 heavy (non-hydrogen) atoms. The highest BCUT2D eigenvalue weighted by Crippen LogP contribution is 2.14. The number of nitrogens with zero attached hydrogens (tertiary/aromatic N) is 2. The first-order chi connectivity index (χ1) is 9.36. The normalized spacial score (nSPS) is 12.2. The number of carboxylic acid groups (broad SMARTS) is 1. The average molecular weight is 281 g/mol. The van der Waals surface area contributed by atoms with Gasteiger partial charge in [0.2, 0.25) is 5.91 Å². The lowest BCUT2D eigenvalue weighted by Crippen LogP contribution is -2.40. The smallest absolute Gasteiger partial charge is 0.326 e. The van der Waals surface area contributed by atoms with Crippen molar-refractivity contribution in [3.8, 4) is 0 Å². The summed E-state index contributed by atoms with van der Waals surface area (Å²) in [5.41, 5.74) is 3.02. The number of aryl methyl sites for hydroxylation is 2. The first-order valence-electron chi connectivity index (χ1n) is 6.88. The second kappa shape index (κ2) is 7.07. The Balaban J connectivity index is 2.56. The highest BCUT2D eigenvalue weighted by molar-refractivity contribution is 5.83. The molecule has 0 spiro atoms. The number of carbonyl (C=O) groups excluding carboxylic acids is 1. The standard InChI is InChI=1S/C14H23N3O3/c1-5-6-12(14(19)20)15-13(18)8-7-11-9(2)16-17(4)10(11)3/h12H,5-8H2,1-4H3,(H,15,18)(H,19,20). The molecule has 0 aliphatic rings. The van der Waals surface area contributed by atoms with Crippen LogP contribution >= 0.6 is 0 Å². The number of aromatic nitrogens is 2. The van der Waals surface area contributed by atoms with E-state index >= 15 is 0 Å². The van der Waals surface area contributed by atoms with E-state index < -0.39 is 12.0 Å². The van der Waals surface area contributed by atoms with Crippen LogP contribution in [0.5, 0.6) is 0 Å². The summed E-state index contributed by atoms with van der Waals surface area (Å²) in [5, 5.41) is 15.9. The van der Waals surface area contributed by atoms with E-state index in [1.54, 1.807) is 4.68 Å². The van der Waals surface area contributed by atoms with E-state index in [0.717, 1.165) is 23.4 Å². The fourth-order valence-electron chi connectivity index (χ4n) is 2.23. The molecule has 0 fully saturated rings. The molecule has 0 aliphatic heterocycles. The summed E-state index contributed by atoms with van der Waals surface area (Å²) in [5.74, 6) is -1.21. The van der Waals surface area contributed by atoms with Crippen LogP contribution < -0.4 is 5.32 Å². The van der Waals surface area contributed by atoms with E-state index in [2.05, 4.69) is 10.4 Å². The van der Waals surface area contributed by atoms with Gasteiger partial charge in [0.1, 0.15) is 6.04 Å². The fourth-order valence-corrected chi connectivity index (χ4v) is 2.23. The molecule has 1 atom stereocenters. The molecule has 1 aromatic rings. The number of rotatable bonds is 7. The Labute approximate surface area is 119 Å². The van der Waals surface area contributed by atoms with Crippen LogP contribution in [0.2, 0.25) is 0 Å². The first-order valence-corrected chi connectivity index (χ1v) is 6.88. The molecule has 0 radical (unpaired) electrons. The Kier molecular flexibility index (Phi) is 5.73. The van der Waals surface area contributed by atoms with Crippen LogP contribution in [0.15, 0.2) is 0 Å². The number of nitrogens with one attached hydrogen (secondary N) is 1. The van der Waals surface area contributed by atoms with Gasteiger partial charge in [-0.2, -0.15) is 5.10 Å². The summed E-state index contributed by atoms with van der Waals surface area (Å²) >= 11 is 0. The first kappa shape index (κ1) is 16.2. The van der Waals surface area contributed by atoms with Gasteiger partial charge >= 0.3 is 5.97 Å². The SMILES string of the molecule is CCCC(NC(=O)CCc1c(C)nn(C)c1C)C(=O)O. The van der Waals surface area contributed by atoms with Crippen LogP contribution in [0.1, 0.15) is 43.1 Å². The van der Waals surface area contributed by atoms with Crippen molar-refractivity contribution in [3.63, 3.8) is 0 Å². The maximum atomic E-state index is 11.8. The molecule has 2 N–H and O–H groups in total. The van der Waals surface area contributed by atoms with Gasteiger partial charge in [-0.15, -0.1) is 0 Å². The van der Waals surface area contributed by atoms with Gasteiger partial charge in [-0.25, -0.2) is 4.79 Å². The predicted octanol–water partition coefficient (Wildman–Crippen LogP) is 1.34. The van der Waals surface area contributed by atoms with E-state index in [9.17, 15) is 9.59 Å². The summed E-state index contributed by atoms with van der Waals surface area (Å²) in [6.45, 7) is 5.77. The number of hydrogen-bond donors (Lipinski definition) is 2. The quantitative estimate of drug-likeness (QED) is 0.790. The molecule has 1 unspecified atom stereocenters. The molecule has 0 bridgehead atoms. The highest BCUT2D eigenvalue weighted by Gasteiger charge is 2.19. The number of hydrogen-bond acceptors (Lipinski definition) is 3. The van der Waals surface area contributed by atoms with Gasteiger partial charge in [0.15, 0.2) is 0 Å². The summed E-state index contributed by atoms with van der Waals surface area (Å²) in [6.07, 6.45) is 2.03. The van der Waals surface area contributed by atoms with Gasteiger partial charge in [0.25, 0.3) is 0 Å². The van der Waals surface area contributed by atoms with E-state index in [1.807, 2.05) is 27.8 Å². The zero-order chi connectivity index (χ0) is 15.3. The van der Waals surface area contributed by atoms with Gasteiger partial charge in [-0.05, 0) is 32.3 Å². The van der Waals surface area contributed by atoms with Gasteiger partial charge in [0.05, 0.1) is 5.69 Å². The highest BCUT2D eigenvalue weighted by atomic mass is 16.4. The van der Waals surface area contributed by atoms with Crippen molar-refractivity contribution in [1.29, 1.82) is 0 Å². The number of carbonyl (C=O) groups is 2. The third kappa shape index (κ3) is 4.08. The van der Waals surface area contributed by atoms with E-state index in [4.69, 9.17) is 5.11 Å². The van der Waals surface area contributed by atoms with Crippen LogP contribution in [-0.4, -0.2) is 32.8 Å². The summed E-state index contributed by atoms with van der Waals surface area (Å²) in [7, 11) is 1.87. The summed E-state index contributed by atoms with van der Waals surface area (Å²) in [4.78, 5) is 22.8. The molecular weight excluding hydrogens is 258 g/mol. The van der Waals surface area contributed by atoms with Crippen molar-refractivity contribution in [1.82, 2.24) is 15.1 Å². The van der Waals surface area contributed by atoms with Crippen LogP contribution in [0.3, 0.4) is 0 Å². The Hall–Kier alpha value is -1.85. The third-order valence-corrected chi connectivity index (χ3v) is 3.47. The van der Waals surface area contributed by atoms with Crippen molar-refractivity contribution in [2.24, 2.45) is 7.05 Å². The van der Waals surface area contributed by atoms with Crippen LogP contribution in [0.4, 0.5) is 0 Å². The van der Waals surface area contributed by atoms with E-state index in [-0.39, 0.29) is 12.3 Å². The van der Waals surface area contributed by atoms with Crippen LogP contribution in [0.25, 0.3) is 0 Å². The van der Waals surface area contributed by atoms with Crippen molar-refractivity contribution >= 4 is 11.9 Å². The molecule has 1 aromatic heterocycles.